The minimum atomic E-state index is -1.40. The van der Waals surface area contributed by atoms with Gasteiger partial charge < -0.3 is 9.84 Å². The van der Waals surface area contributed by atoms with Gasteiger partial charge in [-0.3, -0.25) is 29.5 Å². The van der Waals surface area contributed by atoms with Crippen molar-refractivity contribution < 1.29 is 29.0 Å². The molecular weight excluding hydrogens is 765 g/mol. The molecule has 4 aromatic rings. The fourth-order valence-corrected chi connectivity index (χ4v) is 10.1. The second-order valence-corrected chi connectivity index (χ2v) is 15.7. The zero-order chi connectivity index (χ0) is 34.9. The van der Waals surface area contributed by atoms with Gasteiger partial charge in [0.25, 0.3) is 11.8 Å². The molecule has 2 aliphatic heterocycles. The van der Waals surface area contributed by atoms with Crippen molar-refractivity contribution in [2.75, 3.05) is 12.5 Å². The fraction of sp³-hybridized carbons (Fsp3) is 0.282. The Morgan fingerprint density at radius 2 is 1.72 bits per heavy atom. The molecule has 4 aliphatic rings. The third-order valence-corrected chi connectivity index (χ3v) is 12.7. The second-order valence-electron chi connectivity index (χ2n) is 13.5. The smallest absolute Gasteiger partial charge is 0.260 e. The number of amides is 4. The van der Waals surface area contributed by atoms with Crippen LogP contribution in [0, 0.1) is 34.2 Å². The van der Waals surface area contributed by atoms with Gasteiger partial charge in [-0.2, -0.15) is 5.01 Å². The SMILES string of the molecule is COc1cc([C@H]2C3=CC[C@@H]4C(=O)N(Cc5cccs5)C(=O)[C@@H]4[C@@H]3C[C@H]3C(=O)N(Nc4ccc(C)cc4)C(=O)[C@@]23c2ccccc2)cc(I)c1O. The van der Waals surface area contributed by atoms with Crippen molar-refractivity contribution in [2.45, 2.75) is 37.6 Å². The van der Waals surface area contributed by atoms with Gasteiger partial charge in [-0.1, -0.05) is 65.7 Å². The predicted octanol–water partition coefficient (Wildman–Crippen LogP) is 6.56. The minimum absolute atomic E-state index is 0.0236. The number of aryl methyl sites for hydroxylation is 1. The molecule has 50 heavy (non-hydrogen) atoms. The molecule has 1 saturated carbocycles. The maximum absolute atomic E-state index is 15.3. The van der Waals surface area contributed by atoms with Crippen LogP contribution in [0.2, 0.25) is 0 Å². The molecule has 2 N–H and O–H groups in total. The lowest BCUT2D eigenvalue weighted by atomic mass is 9.49. The molecule has 3 aromatic carbocycles. The normalized spacial score (nSPS) is 27.2. The molecule has 0 unspecified atom stereocenters. The largest absolute Gasteiger partial charge is 0.504 e. The van der Waals surface area contributed by atoms with E-state index in [9.17, 15) is 19.5 Å². The van der Waals surface area contributed by atoms with Crippen LogP contribution in [0.1, 0.15) is 40.3 Å². The number of benzene rings is 3. The fourth-order valence-electron chi connectivity index (χ4n) is 8.82. The third-order valence-electron chi connectivity index (χ3n) is 11.0. The van der Waals surface area contributed by atoms with Crippen LogP contribution < -0.4 is 10.2 Å². The van der Waals surface area contributed by atoms with Gasteiger partial charge in [0, 0.05) is 10.8 Å². The first kappa shape index (κ1) is 32.7. The Labute approximate surface area is 307 Å². The number of anilines is 1. The monoisotopic (exact) mass is 799 g/mol. The molecule has 1 aromatic heterocycles. The zero-order valence-corrected chi connectivity index (χ0v) is 30.3. The summed E-state index contributed by atoms with van der Waals surface area (Å²) in [5.41, 5.74) is 5.56. The number of carbonyl (C=O) groups is 4. The summed E-state index contributed by atoms with van der Waals surface area (Å²) in [7, 11) is 1.47. The Bertz CT molecular complexity index is 2070. The van der Waals surface area contributed by atoms with Crippen molar-refractivity contribution in [3.8, 4) is 11.5 Å². The van der Waals surface area contributed by atoms with E-state index in [1.54, 1.807) is 6.07 Å². The molecule has 0 radical (unpaired) electrons. The topological polar surface area (TPSA) is 116 Å². The van der Waals surface area contributed by atoms with Gasteiger partial charge in [-0.05, 0) is 95.1 Å². The van der Waals surface area contributed by atoms with Gasteiger partial charge in [0.1, 0.15) is 0 Å². The van der Waals surface area contributed by atoms with Crippen LogP contribution in [0.4, 0.5) is 5.69 Å². The van der Waals surface area contributed by atoms with Gasteiger partial charge in [-0.25, -0.2) is 0 Å². The van der Waals surface area contributed by atoms with Crippen molar-refractivity contribution in [3.05, 3.63) is 121 Å². The van der Waals surface area contributed by atoms with E-state index in [4.69, 9.17) is 4.74 Å². The molecule has 0 spiro atoms. The minimum Gasteiger partial charge on any atom is -0.504 e. The number of ether oxygens (including phenoxy) is 1. The lowest BCUT2D eigenvalue weighted by Crippen LogP contribution is -2.53. The number of carbonyl (C=O) groups excluding carboxylic acids is 4. The van der Waals surface area contributed by atoms with Crippen LogP contribution in [-0.2, 0) is 31.1 Å². The van der Waals surface area contributed by atoms with Crippen LogP contribution in [0.5, 0.6) is 11.5 Å². The molecule has 11 heteroatoms. The lowest BCUT2D eigenvalue weighted by Gasteiger charge is -2.50. The van der Waals surface area contributed by atoms with Gasteiger partial charge in [-0.15, -0.1) is 11.3 Å². The highest BCUT2D eigenvalue weighted by Crippen LogP contribution is 2.64. The molecular formula is C39H34IN3O6S. The Kier molecular flexibility index (Phi) is 8.09. The number of nitrogens with zero attached hydrogens (tertiary/aromatic N) is 2. The van der Waals surface area contributed by atoms with E-state index in [0.29, 0.717) is 26.8 Å². The van der Waals surface area contributed by atoms with Crippen molar-refractivity contribution in [1.29, 1.82) is 0 Å². The van der Waals surface area contributed by atoms with Gasteiger partial charge in [0.2, 0.25) is 11.8 Å². The highest BCUT2D eigenvalue weighted by Gasteiger charge is 2.70. The Hall–Kier alpha value is -4.49. The van der Waals surface area contributed by atoms with E-state index in [2.05, 4.69) is 5.43 Å². The van der Waals surface area contributed by atoms with Gasteiger partial charge in [0.15, 0.2) is 11.5 Å². The van der Waals surface area contributed by atoms with Crippen molar-refractivity contribution in [3.63, 3.8) is 0 Å². The zero-order valence-electron chi connectivity index (χ0n) is 27.3. The Morgan fingerprint density at radius 1 is 0.960 bits per heavy atom. The standard InChI is InChI=1S/C39H34IN3O6S/c1-21-10-12-24(13-11-21)41-43-36(46)29-19-28-26(14-15-27-32(28)37(47)42(35(27)45)20-25-9-6-16-50-25)33(22-17-30(40)34(44)31(18-22)49-2)39(29,38(43)48)23-7-4-3-5-8-23/h3-14,16-18,27-29,32-33,41,44H,15,19-20H2,1-2H3/t27-,28+,29-,32-,33-,39+/m0/s1. The summed E-state index contributed by atoms with van der Waals surface area (Å²) >= 11 is 3.55. The van der Waals surface area contributed by atoms with Crippen molar-refractivity contribution in [1.82, 2.24) is 9.91 Å². The summed E-state index contributed by atoms with van der Waals surface area (Å²) in [5, 5.41) is 14.0. The van der Waals surface area contributed by atoms with E-state index in [0.717, 1.165) is 21.0 Å². The third kappa shape index (κ3) is 4.84. The first-order valence-corrected chi connectivity index (χ1v) is 18.5. The van der Waals surface area contributed by atoms with Crippen molar-refractivity contribution in [2.24, 2.45) is 23.7 Å². The second kappa shape index (κ2) is 12.4. The Balaban J connectivity index is 1.33. The number of likely N-dealkylation sites (tertiary alicyclic amines) is 1. The summed E-state index contributed by atoms with van der Waals surface area (Å²) in [6.07, 6.45) is 2.60. The number of hydrogen-bond donors (Lipinski definition) is 2. The van der Waals surface area contributed by atoms with Crippen molar-refractivity contribution >= 4 is 63.2 Å². The first-order valence-electron chi connectivity index (χ1n) is 16.6. The Morgan fingerprint density at radius 3 is 2.42 bits per heavy atom. The molecule has 4 amide bonds. The molecule has 9 nitrogen and oxygen atoms in total. The number of nitrogens with one attached hydrogen (secondary N) is 1. The number of methoxy groups -OCH3 is 1. The average molecular weight is 800 g/mol. The molecule has 2 saturated heterocycles. The number of hydrazine groups is 1. The number of halogens is 1. The first-order chi connectivity index (χ1) is 24.1. The van der Waals surface area contributed by atoms with E-state index < -0.39 is 46.8 Å². The van der Waals surface area contributed by atoms with Crippen LogP contribution in [0.15, 0.2) is 95.9 Å². The van der Waals surface area contributed by atoms with E-state index in [1.807, 2.05) is 114 Å². The number of phenolic OH excluding ortho intramolecular Hbond substituents is 1. The number of aromatic hydroxyl groups is 1. The van der Waals surface area contributed by atoms with Crippen LogP contribution in [0.3, 0.4) is 0 Å². The summed E-state index contributed by atoms with van der Waals surface area (Å²) in [4.78, 5) is 60.6. The van der Waals surface area contributed by atoms with E-state index in [-0.39, 0.29) is 36.3 Å². The van der Waals surface area contributed by atoms with Crippen LogP contribution in [0.25, 0.3) is 0 Å². The molecule has 3 heterocycles. The summed E-state index contributed by atoms with van der Waals surface area (Å²) in [6.45, 7) is 2.18. The molecule has 3 fully saturated rings. The number of rotatable bonds is 7. The highest BCUT2D eigenvalue weighted by atomic mass is 127. The summed E-state index contributed by atoms with van der Waals surface area (Å²) in [5.74, 6) is -4.28. The predicted molar refractivity (Wildman–Crippen MR) is 196 cm³/mol. The number of imide groups is 2. The number of fused-ring (bicyclic) bond motifs is 4. The van der Waals surface area contributed by atoms with Crippen LogP contribution in [-0.4, -0.2) is 45.8 Å². The molecule has 2 aliphatic carbocycles. The maximum Gasteiger partial charge on any atom is 0.260 e. The number of phenols is 1. The van der Waals surface area contributed by atoms with E-state index >= 15 is 4.79 Å². The quantitative estimate of drug-likeness (QED) is 0.124. The number of hydrogen-bond acceptors (Lipinski definition) is 8. The van der Waals surface area contributed by atoms with E-state index in [1.165, 1.54) is 23.3 Å². The molecule has 254 valence electrons. The molecule has 0 bridgehead atoms. The maximum atomic E-state index is 15.3. The average Bonchev–Trinajstić information content (AvgIpc) is 3.79. The molecule has 6 atom stereocenters. The molecule has 8 rings (SSSR count). The van der Waals surface area contributed by atoms with Crippen LogP contribution >= 0.6 is 33.9 Å². The summed E-state index contributed by atoms with van der Waals surface area (Å²) in [6, 6.07) is 24.3. The number of thiophene rings is 1. The number of allylic oxidation sites excluding steroid dienone is 2. The van der Waals surface area contributed by atoms with Gasteiger partial charge in [0.05, 0.1) is 46.1 Å². The lowest BCUT2D eigenvalue weighted by molar-refractivity contribution is -0.141. The highest BCUT2D eigenvalue weighted by molar-refractivity contribution is 14.1. The van der Waals surface area contributed by atoms with Gasteiger partial charge >= 0.3 is 0 Å². The summed E-state index contributed by atoms with van der Waals surface area (Å²) < 4.78 is 6.13.